The number of fused-ring (bicyclic) bond motifs is 1. The molecule has 0 saturated carbocycles. The molecule has 0 atom stereocenters. The molecular formula is C20H22N4O2. The Hall–Kier alpha value is -3.15. The Kier molecular flexibility index (Phi) is 5.63. The van der Waals surface area contributed by atoms with Crippen LogP contribution in [0.15, 0.2) is 54.9 Å². The summed E-state index contributed by atoms with van der Waals surface area (Å²) in [6.07, 6.45) is 4.34. The van der Waals surface area contributed by atoms with Gasteiger partial charge in [0.15, 0.2) is 0 Å². The van der Waals surface area contributed by atoms with Crippen LogP contribution in [0.25, 0.3) is 10.9 Å². The highest BCUT2D eigenvalue weighted by Crippen LogP contribution is 2.18. The number of rotatable bonds is 7. The van der Waals surface area contributed by atoms with Crippen LogP contribution in [0, 0.1) is 0 Å². The number of carbonyl (C=O) groups excluding carboxylic acids is 2. The fourth-order valence-corrected chi connectivity index (χ4v) is 2.86. The maximum atomic E-state index is 12.2. The van der Waals surface area contributed by atoms with Gasteiger partial charge in [0.05, 0.1) is 18.8 Å². The van der Waals surface area contributed by atoms with Crippen molar-refractivity contribution in [2.75, 3.05) is 13.1 Å². The second-order valence-electron chi connectivity index (χ2n) is 6.15. The summed E-state index contributed by atoms with van der Waals surface area (Å²) in [5, 5.41) is 3.95. The SMILES string of the molecule is CC(=O)N(CCc1c[nH]c2ccccc12)CC(=O)NCc1ccccn1. The van der Waals surface area contributed by atoms with Crippen LogP contribution in [-0.2, 0) is 22.6 Å². The normalized spacial score (nSPS) is 10.7. The van der Waals surface area contributed by atoms with Gasteiger partial charge in [-0.05, 0) is 30.2 Å². The van der Waals surface area contributed by atoms with Gasteiger partial charge in [0, 0.05) is 36.8 Å². The molecule has 0 saturated heterocycles. The van der Waals surface area contributed by atoms with E-state index in [1.807, 2.05) is 42.6 Å². The van der Waals surface area contributed by atoms with E-state index >= 15 is 0 Å². The maximum absolute atomic E-state index is 12.2. The fourth-order valence-electron chi connectivity index (χ4n) is 2.86. The van der Waals surface area contributed by atoms with Crippen molar-refractivity contribution in [2.24, 2.45) is 0 Å². The lowest BCUT2D eigenvalue weighted by Gasteiger charge is -2.20. The van der Waals surface area contributed by atoms with Crippen LogP contribution in [0.2, 0.25) is 0 Å². The quantitative estimate of drug-likeness (QED) is 0.686. The van der Waals surface area contributed by atoms with Gasteiger partial charge in [-0.25, -0.2) is 0 Å². The third-order valence-corrected chi connectivity index (χ3v) is 4.30. The number of nitrogens with one attached hydrogen (secondary N) is 2. The molecule has 2 N–H and O–H groups in total. The van der Waals surface area contributed by atoms with Crippen LogP contribution in [-0.4, -0.2) is 39.8 Å². The maximum Gasteiger partial charge on any atom is 0.239 e. The van der Waals surface area contributed by atoms with Crippen molar-refractivity contribution in [1.82, 2.24) is 20.2 Å². The number of nitrogens with zero attached hydrogens (tertiary/aromatic N) is 2. The molecule has 0 aliphatic heterocycles. The van der Waals surface area contributed by atoms with Gasteiger partial charge < -0.3 is 15.2 Å². The molecule has 3 rings (SSSR count). The van der Waals surface area contributed by atoms with Crippen molar-refractivity contribution in [3.63, 3.8) is 0 Å². The van der Waals surface area contributed by atoms with E-state index < -0.39 is 0 Å². The average molecular weight is 350 g/mol. The summed E-state index contributed by atoms with van der Waals surface area (Å²) in [6.45, 7) is 2.38. The molecule has 134 valence electrons. The van der Waals surface area contributed by atoms with E-state index in [4.69, 9.17) is 0 Å². The molecule has 3 aromatic rings. The molecule has 0 radical (unpaired) electrons. The summed E-state index contributed by atoms with van der Waals surface area (Å²) < 4.78 is 0. The third-order valence-electron chi connectivity index (χ3n) is 4.30. The molecule has 2 aromatic heterocycles. The van der Waals surface area contributed by atoms with Crippen molar-refractivity contribution in [3.05, 3.63) is 66.1 Å². The molecule has 6 nitrogen and oxygen atoms in total. The molecule has 1 aromatic carbocycles. The Morgan fingerprint density at radius 1 is 1.15 bits per heavy atom. The van der Waals surface area contributed by atoms with Crippen LogP contribution in [0.4, 0.5) is 0 Å². The van der Waals surface area contributed by atoms with Crippen LogP contribution >= 0.6 is 0 Å². The summed E-state index contributed by atoms with van der Waals surface area (Å²) in [4.78, 5) is 33.0. The summed E-state index contributed by atoms with van der Waals surface area (Å²) >= 11 is 0. The highest BCUT2D eigenvalue weighted by atomic mass is 16.2. The van der Waals surface area contributed by atoms with Crippen LogP contribution in [0.1, 0.15) is 18.2 Å². The van der Waals surface area contributed by atoms with E-state index in [0.29, 0.717) is 19.5 Å². The number of hydrogen-bond donors (Lipinski definition) is 2. The molecule has 6 heteroatoms. The van der Waals surface area contributed by atoms with Gasteiger partial charge in [-0.3, -0.25) is 14.6 Å². The minimum Gasteiger partial charge on any atom is -0.361 e. The smallest absolute Gasteiger partial charge is 0.239 e. The fraction of sp³-hybridized carbons (Fsp3) is 0.250. The molecule has 0 spiro atoms. The van der Waals surface area contributed by atoms with Crippen LogP contribution in [0.5, 0.6) is 0 Å². The Morgan fingerprint density at radius 2 is 1.96 bits per heavy atom. The number of hydrogen-bond acceptors (Lipinski definition) is 3. The lowest BCUT2D eigenvalue weighted by Crippen LogP contribution is -2.40. The predicted octanol–water partition coefficient (Wildman–Crippen LogP) is 2.27. The van der Waals surface area contributed by atoms with Gasteiger partial charge in [0.1, 0.15) is 0 Å². The zero-order valence-corrected chi connectivity index (χ0v) is 14.7. The Balaban J connectivity index is 1.55. The van der Waals surface area contributed by atoms with Crippen molar-refractivity contribution in [1.29, 1.82) is 0 Å². The molecule has 0 bridgehead atoms. The molecule has 0 fully saturated rings. The molecule has 2 heterocycles. The van der Waals surface area contributed by atoms with Gasteiger partial charge in [0.2, 0.25) is 11.8 Å². The summed E-state index contributed by atoms with van der Waals surface area (Å²) in [6, 6.07) is 13.6. The predicted molar refractivity (Wildman–Crippen MR) is 100 cm³/mol. The Bertz CT molecular complexity index is 889. The molecule has 0 aliphatic rings. The van der Waals surface area contributed by atoms with E-state index in [2.05, 4.69) is 21.4 Å². The number of carbonyl (C=O) groups is 2. The topological polar surface area (TPSA) is 78.1 Å². The van der Waals surface area contributed by atoms with Gasteiger partial charge in [-0.2, -0.15) is 0 Å². The standard InChI is InChI=1S/C20H22N4O2/c1-15(25)24(14-20(26)23-13-17-6-4-5-10-21-17)11-9-16-12-22-19-8-3-2-7-18(16)19/h2-8,10,12,22H,9,11,13-14H2,1H3,(H,23,26). The number of para-hydroxylation sites is 1. The lowest BCUT2D eigenvalue weighted by molar-refractivity contribution is -0.134. The summed E-state index contributed by atoms with van der Waals surface area (Å²) in [7, 11) is 0. The second kappa shape index (κ2) is 8.29. The number of H-pyrrole nitrogens is 1. The first-order chi connectivity index (χ1) is 12.6. The van der Waals surface area contributed by atoms with E-state index in [1.54, 1.807) is 11.1 Å². The largest absolute Gasteiger partial charge is 0.361 e. The van der Waals surface area contributed by atoms with Crippen LogP contribution < -0.4 is 5.32 Å². The van der Waals surface area contributed by atoms with Crippen molar-refractivity contribution < 1.29 is 9.59 Å². The monoisotopic (exact) mass is 350 g/mol. The molecular weight excluding hydrogens is 328 g/mol. The van der Waals surface area contributed by atoms with Crippen molar-refractivity contribution in [3.8, 4) is 0 Å². The highest BCUT2D eigenvalue weighted by Gasteiger charge is 2.14. The second-order valence-corrected chi connectivity index (χ2v) is 6.15. The summed E-state index contributed by atoms with van der Waals surface area (Å²) in [5.41, 5.74) is 3.00. The van der Waals surface area contributed by atoms with Gasteiger partial charge in [0.25, 0.3) is 0 Å². The minimum absolute atomic E-state index is 0.0462. The van der Waals surface area contributed by atoms with E-state index in [9.17, 15) is 9.59 Å². The molecule has 0 aliphatic carbocycles. The van der Waals surface area contributed by atoms with Gasteiger partial charge >= 0.3 is 0 Å². The highest BCUT2D eigenvalue weighted by molar-refractivity contribution is 5.84. The Morgan fingerprint density at radius 3 is 2.73 bits per heavy atom. The zero-order valence-electron chi connectivity index (χ0n) is 14.7. The first kappa shape index (κ1) is 17.7. The van der Waals surface area contributed by atoms with Crippen molar-refractivity contribution >= 4 is 22.7 Å². The number of aromatic amines is 1. The number of amides is 2. The summed E-state index contributed by atoms with van der Waals surface area (Å²) in [5.74, 6) is -0.303. The van der Waals surface area contributed by atoms with Gasteiger partial charge in [-0.15, -0.1) is 0 Å². The lowest BCUT2D eigenvalue weighted by atomic mass is 10.1. The molecule has 0 unspecified atom stereocenters. The van der Waals surface area contributed by atoms with E-state index in [1.165, 1.54) is 6.92 Å². The first-order valence-electron chi connectivity index (χ1n) is 8.60. The number of aromatic nitrogens is 2. The van der Waals surface area contributed by atoms with E-state index in [-0.39, 0.29) is 18.4 Å². The average Bonchev–Trinajstić information content (AvgIpc) is 3.07. The van der Waals surface area contributed by atoms with Crippen molar-refractivity contribution in [2.45, 2.75) is 19.9 Å². The Labute approximate surface area is 152 Å². The molecule has 2 amide bonds. The third kappa shape index (κ3) is 4.47. The van der Waals surface area contributed by atoms with Gasteiger partial charge in [-0.1, -0.05) is 24.3 Å². The number of benzene rings is 1. The zero-order chi connectivity index (χ0) is 18.4. The molecule has 26 heavy (non-hydrogen) atoms. The van der Waals surface area contributed by atoms with Crippen LogP contribution in [0.3, 0.4) is 0 Å². The minimum atomic E-state index is -0.190. The first-order valence-corrected chi connectivity index (χ1v) is 8.60. The number of pyridine rings is 1. The van der Waals surface area contributed by atoms with E-state index in [0.717, 1.165) is 22.2 Å².